The van der Waals surface area contributed by atoms with Crippen molar-refractivity contribution < 1.29 is 32.4 Å². The van der Waals surface area contributed by atoms with E-state index in [0.29, 0.717) is 17.0 Å². The number of rotatable bonds is 6. The lowest BCUT2D eigenvalue weighted by Crippen LogP contribution is -2.36. The zero-order chi connectivity index (χ0) is 18.6. The van der Waals surface area contributed by atoms with Gasteiger partial charge in [0.15, 0.2) is 0 Å². The van der Waals surface area contributed by atoms with E-state index in [2.05, 4.69) is 5.16 Å². The van der Waals surface area contributed by atoms with Crippen molar-refractivity contribution in [3.8, 4) is 0 Å². The van der Waals surface area contributed by atoms with Gasteiger partial charge in [0.1, 0.15) is 12.3 Å². The van der Waals surface area contributed by atoms with E-state index < -0.39 is 30.2 Å². The van der Waals surface area contributed by atoms with Crippen LogP contribution in [0, 0.1) is 6.92 Å². The van der Waals surface area contributed by atoms with E-state index in [-0.39, 0.29) is 13.0 Å². The van der Waals surface area contributed by atoms with Gasteiger partial charge in [0.2, 0.25) is 5.91 Å². The van der Waals surface area contributed by atoms with Gasteiger partial charge in [-0.1, -0.05) is 17.3 Å². The number of hydrogen-bond donors (Lipinski definition) is 1. The lowest BCUT2D eigenvalue weighted by atomic mass is 10.1. The lowest BCUT2D eigenvalue weighted by Gasteiger charge is -2.20. The van der Waals surface area contributed by atoms with E-state index in [4.69, 9.17) is 9.63 Å². The Balaban J connectivity index is 2.11. The topological polar surface area (TPSA) is 83.6 Å². The second-order valence-electron chi connectivity index (χ2n) is 5.44. The van der Waals surface area contributed by atoms with Gasteiger partial charge in [0, 0.05) is 12.6 Å². The number of carboxylic acid groups (broad SMARTS) is 1. The average molecular weight is 356 g/mol. The van der Waals surface area contributed by atoms with Gasteiger partial charge in [0.05, 0.1) is 17.7 Å². The fourth-order valence-electron chi connectivity index (χ4n) is 2.18. The predicted octanol–water partition coefficient (Wildman–Crippen LogP) is 2.66. The Labute approximate surface area is 140 Å². The van der Waals surface area contributed by atoms with Crippen LogP contribution in [0.4, 0.5) is 13.2 Å². The van der Waals surface area contributed by atoms with Crippen LogP contribution in [0.15, 0.2) is 34.9 Å². The van der Waals surface area contributed by atoms with E-state index in [0.717, 1.165) is 17.0 Å². The van der Waals surface area contributed by atoms with Crippen LogP contribution in [0.3, 0.4) is 0 Å². The summed E-state index contributed by atoms with van der Waals surface area (Å²) >= 11 is 0. The largest absolute Gasteiger partial charge is 0.480 e. The first-order valence-electron chi connectivity index (χ1n) is 7.23. The first-order valence-corrected chi connectivity index (χ1v) is 7.23. The van der Waals surface area contributed by atoms with Crippen molar-refractivity contribution in [1.82, 2.24) is 10.1 Å². The summed E-state index contributed by atoms with van der Waals surface area (Å²) in [7, 11) is 0. The molecule has 6 nitrogen and oxygen atoms in total. The standard InChI is InChI=1S/C16H15F3N2O4/c1-10-6-13(20-25-10)7-14(22)21(9-15(23)24)8-11-2-4-12(5-3-11)16(17,18)19/h2-6H,7-9H2,1H3,(H,23,24). The Morgan fingerprint density at radius 1 is 1.24 bits per heavy atom. The molecule has 1 N–H and O–H groups in total. The molecule has 9 heteroatoms. The Morgan fingerprint density at radius 3 is 2.36 bits per heavy atom. The monoisotopic (exact) mass is 356 g/mol. The van der Waals surface area contributed by atoms with Crippen molar-refractivity contribution in [1.29, 1.82) is 0 Å². The maximum absolute atomic E-state index is 12.6. The number of aryl methyl sites for hydroxylation is 1. The van der Waals surface area contributed by atoms with Gasteiger partial charge in [-0.2, -0.15) is 13.2 Å². The minimum atomic E-state index is -4.46. The first kappa shape index (κ1) is 18.5. The van der Waals surface area contributed by atoms with Crippen molar-refractivity contribution in [2.24, 2.45) is 0 Å². The quantitative estimate of drug-likeness (QED) is 0.860. The highest BCUT2D eigenvalue weighted by Crippen LogP contribution is 2.29. The smallest absolute Gasteiger partial charge is 0.416 e. The van der Waals surface area contributed by atoms with Gasteiger partial charge in [-0.05, 0) is 24.6 Å². The second-order valence-corrected chi connectivity index (χ2v) is 5.44. The third-order valence-corrected chi connectivity index (χ3v) is 3.34. The number of aliphatic carboxylic acids is 1. The third kappa shape index (κ3) is 5.33. The van der Waals surface area contributed by atoms with E-state index in [1.807, 2.05) is 0 Å². The second kappa shape index (κ2) is 7.37. The van der Waals surface area contributed by atoms with Crippen LogP contribution in [0.5, 0.6) is 0 Å². The summed E-state index contributed by atoms with van der Waals surface area (Å²) < 4.78 is 42.6. The number of alkyl halides is 3. The van der Waals surface area contributed by atoms with Crippen molar-refractivity contribution in [2.45, 2.75) is 26.1 Å². The fraction of sp³-hybridized carbons (Fsp3) is 0.312. The Hall–Kier alpha value is -2.84. The summed E-state index contributed by atoms with van der Waals surface area (Å²) in [6.07, 6.45) is -4.62. The van der Waals surface area contributed by atoms with Crippen LogP contribution in [-0.4, -0.2) is 33.6 Å². The highest BCUT2D eigenvalue weighted by atomic mass is 19.4. The minimum Gasteiger partial charge on any atom is -0.480 e. The fourth-order valence-corrected chi connectivity index (χ4v) is 2.18. The molecular formula is C16H15F3N2O4. The molecule has 1 aromatic heterocycles. The number of nitrogens with zero attached hydrogens (tertiary/aromatic N) is 2. The van der Waals surface area contributed by atoms with Crippen LogP contribution in [0.2, 0.25) is 0 Å². The van der Waals surface area contributed by atoms with Crippen LogP contribution < -0.4 is 0 Å². The molecule has 0 saturated heterocycles. The number of carboxylic acids is 1. The van der Waals surface area contributed by atoms with Crippen molar-refractivity contribution >= 4 is 11.9 Å². The minimum absolute atomic E-state index is 0.125. The number of carbonyl (C=O) groups excluding carboxylic acids is 1. The van der Waals surface area contributed by atoms with E-state index >= 15 is 0 Å². The summed E-state index contributed by atoms with van der Waals surface area (Å²) in [5.41, 5.74) is -0.0744. The highest BCUT2D eigenvalue weighted by molar-refractivity contribution is 5.82. The molecule has 134 valence electrons. The Morgan fingerprint density at radius 2 is 1.88 bits per heavy atom. The number of amides is 1. The molecule has 0 aliphatic heterocycles. The predicted molar refractivity (Wildman–Crippen MR) is 79.4 cm³/mol. The molecule has 0 atom stereocenters. The van der Waals surface area contributed by atoms with Crippen LogP contribution >= 0.6 is 0 Å². The molecule has 0 bridgehead atoms. The summed E-state index contributed by atoms with van der Waals surface area (Å²) in [4.78, 5) is 24.3. The molecule has 0 aliphatic rings. The molecule has 1 amide bonds. The molecule has 2 rings (SSSR count). The van der Waals surface area contributed by atoms with Crippen LogP contribution in [-0.2, 0) is 28.7 Å². The summed E-state index contributed by atoms with van der Waals surface area (Å²) in [5.74, 6) is -1.23. The Kier molecular flexibility index (Phi) is 5.45. The number of benzene rings is 1. The molecule has 0 radical (unpaired) electrons. The summed E-state index contributed by atoms with van der Waals surface area (Å²) in [5, 5.41) is 12.6. The molecular weight excluding hydrogens is 341 g/mol. The van der Waals surface area contributed by atoms with Crippen LogP contribution in [0.1, 0.15) is 22.6 Å². The van der Waals surface area contributed by atoms with Gasteiger partial charge < -0.3 is 14.5 Å². The molecule has 2 aromatic rings. The van der Waals surface area contributed by atoms with Gasteiger partial charge in [0.25, 0.3) is 0 Å². The van der Waals surface area contributed by atoms with Crippen LogP contribution in [0.25, 0.3) is 0 Å². The summed E-state index contributed by atoms with van der Waals surface area (Å²) in [6.45, 7) is 0.953. The normalized spacial score (nSPS) is 11.4. The van der Waals surface area contributed by atoms with Gasteiger partial charge in [-0.3, -0.25) is 9.59 Å². The Bertz CT molecular complexity index is 753. The van der Waals surface area contributed by atoms with Crippen molar-refractivity contribution in [2.75, 3.05) is 6.54 Å². The zero-order valence-corrected chi connectivity index (χ0v) is 13.2. The maximum Gasteiger partial charge on any atom is 0.416 e. The zero-order valence-electron chi connectivity index (χ0n) is 13.2. The number of carbonyl (C=O) groups is 2. The highest BCUT2D eigenvalue weighted by Gasteiger charge is 2.30. The van der Waals surface area contributed by atoms with E-state index in [1.165, 1.54) is 12.1 Å². The maximum atomic E-state index is 12.6. The van der Waals surface area contributed by atoms with Gasteiger partial charge >= 0.3 is 12.1 Å². The molecule has 0 aliphatic carbocycles. The van der Waals surface area contributed by atoms with E-state index in [9.17, 15) is 22.8 Å². The SMILES string of the molecule is Cc1cc(CC(=O)N(CC(=O)O)Cc2ccc(C(F)(F)F)cc2)no1. The van der Waals surface area contributed by atoms with E-state index in [1.54, 1.807) is 13.0 Å². The number of aromatic nitrogens is 1. The van der Waals surface area contributed by atoms with Crippen molar-refractivity contribution in [3.63, 3.8) is 0 Å². The first-order chi connectivity index (χ1) is 11.6. The summed E-state index contributed by atoms with van der Waals surface area (Å²) in [6, 6.07) is 5.75. The molecule has 1 heterocycles. The number of hydrogen-bond acceptors (Lipinski definition) is 4. The van der Waals surface area contributed by atoms with Gasteiger partial charge in [-0.15, -0.1) is 0 Å². The molecule has 0 spiro atoms. The van der Waals surface area contributed by atoms with Gasteiger partial charge in [-0.25, -0.2) is 0 Å². The molecule has 0 saturated carbocycles. The molecule has 25 heavy (non-hydrogen) atoms. The number of halogens is 3. The third-order valence-electron chi connectivity index (χ3n) is 3.34. The molecule has 0 unspecified atom stereocenters. The molecule has 0 fully saturated rings. The molecule has 1 aromatic carbocycles. The average Bonchev–Trinajstić information content (AvgIpc) is 2.91. The van der Waals surface area contributed by atoms with Crippen molar-refractivity contribution in [3.05, 3.63) is 52.9 Å². The lowest BCUT2D eigenvalue weighted by molar-refractivity contribution is -0.144.